The summed E-state index contributed by atoms with van der Waals surface area (Å²) in [6.07, 6.45) is 0. The number of nitrogens with one attached hydrogen (secondary N) is 1. The number of carbonyl (C=O) groups is 2. The molecule has 3 N–H and O–H groups in total. The first kappa shape index (κ1) is 23.4. The second kappa shape index (κ2) is 9.51. The van der Waals surface area contributed by atoms with E-state index in [1.165, 1.54) is 4.90 Å². The number of hydrogen-bond donors (Lipinski definition) is 2. The van der Waals surface area contributed by atoms with E-state index in [2.05, 4.69) is 26.1 Å². The summed E-state index contributed by atoms with van der Waals surface area (Å²) in [5.41, 5.74) is 8.71. The average Bonchev–Trinajstić information content (AvgIpc) is 2.73. The van der Waals surface area contributed by atoms with Gasteiger partial charge < -0.3 is 11.1 Å². The molecule has 0 aliphatic rings. The third-order valence-corrected chi connectivity index (χ3v) is 5.41. The zero-order chi connectivity index (χ0) is 23.5. The van der Waals surface area contributed by atoms with Gasteiger partial charge in [-0.25, -0.2) is 0 Å². The van der Waals surface area contributed by atoms with E-state index >= 15 is 0 Å². The molecule has 0 heterocycles. The van der Waals surface area contributed by atoms with Gasteiger partial charge in [0.25, 0.3) is 11.8 Å². The SMILES string of the molecule is CC(C)(C)c1ccc(C(=O)N(C(N)=S)c2cccc(NC(=O)c3ccccc3Cl)c2)cc1. The number of anilines is 2. The van der Waals surface area contributed by atoms with Crippen molar-refractivity contribution < 1.29 is 9.59 Å². The van der Waals surface area contributed by atoms with Gasteiger partial charge in [0.15, 0.2) is 5.11 Å². The summed E-state index contributed by atoms with van der Waals surface area (Å²) in [4.78, 5) is 27.0. The highest BCUT2D eigenvalue weighted by molar-refractivity contribution is 7.80. The van der Waals surface area contributed by atoms with Crippen LogP contribution in [-0.4, -0.2) is 16.9 Å². The molecular weight excluding hydrogens is 442 g/mol. The lowest BCUT2D eigenvalue weighted by atomic mass is 9.86. The lowest BCUT2D eigenvalue weighted by molar-refractivity contribution is 0.1000. The lowest BCUT2D eigenvalue weighted by Crippen LogP contribution is -2.40. The first-order valence-corrected chi connectivity index (χ1v) is 10.8. The highest BCUT2D eigenvalue weighted by Gasteiger charge is 2.22. The van der Waals surface area contributed by atoms with E-state index in [9.17, 15) is 9.59 Å². The Hall–Kier alpha value is -3.22. The van der Waals surface area contributed by atoms with E-state index in [1.54, 1.807) is 60.7 Å². The standard InChI is InChI=1S/C25H24ClN3O2S/c1-25(2,3)17-13-11-16(12-14-17)23(31)29(24(27)32)19-8-6-7-18(15-19)28-22(30)20-9-4-5-10-21(20)26/h4-15H,1-3H3,(H2,27,32)(H,28,30). The first-order chi connectivity index (χ1) is 15.1. The maximum atomic E-state index is 13.2. The molecule has 0 radical (unpaired) electrons. The van der Waals surface area contributed by atoms with Crippen LogP contribution in [-0.2, 0) is 5.41 Å². The second-order valence-electron chi connectivity index (χ2n) is 8.29. The van der Waals surface area contributed by atoms with Crippen LogP contribution in [0.2, 0.25) is 5.02 Å². The number of nitrogens with two attached hydrogens (primary N) is 1. The average molecular weight is 466 g/mol. The number of nitrogens with zero attached hydrogens (tertiary/aromatic N) is 1. The molecule has 0 atom stereocenters. The third kappa shape index (κ3) is 5.33. The minimum absolute atomic E-state index is 0.0291. The number of benzene rings is 3. The maximum absolute atomic E-state index is 13.2. The highest BCUT2D eigenvalue weighted by Crippen LogP contribution is 2.25. The van der Waals surface area contributed by atoms with Crippen LogP contribution in [0.5, 0.6) is 0 Å². The Morgan fingerprint density at radius 2 is 1.62 bits per heavy atom. The van der Waals surface area contributed by atoms with Crippen molar-refractivity contribution in [2.45, 2.75) is 26.2 Å². The van der Waals surface area contributed by atoms with E-state index < -0.39 is 0 Å². The molecule has 0 unspecified atom stereocenters. The number of rotatable bonds is 4. The summed E-state index contributed by atoms with van der Waals surface area (Å²) in [6.45, 7) is 6.31. The van der Waals surface area contributed by atoms with Crippen LogP contribution < -0.4 is 16.0 Å². The van der Waals surface area contributed by atoms with Crippen LogP contribution in [0.3, 0.4) is 0 Å². The number of halogens is 1. The first-order valence-electron chi connectivity index (χ1n) is 9.98. The Labute approximate surface area is 198 Å². The maximum Gasteiger partial charge on any atom is 0.264 e. The largest absolute Gasteiger partial charge is 0.376 e. The van der Waals surface area contributed by atoms with Crippen molar-refractivity contribution in [2.75, 3.05) is 10.2 Å². The number of carbonyl (C=O) groups excluding carboxylic acids is 2. The van der Waals surface area contributed by atoms with Crippen molar-refractivity contribution in [1.82, 2.24) is 0 Å². The van der Waals surface area contributed by atoms with E-state index in [1.807, 2.05) is 12.1 Å². The second-order valence-corrected chi connectivity index (χ2v) is 9.12. The fraction of sp³-hybridized carbons (Fsp3) is 0.160. The summed E-state index contributed by atoms with van der Waals surface area (Å²) in [5.74, 6) is -0.716. The molecule has 5 nitrogen and oxygen atoms in total. The number of thiocarbonyl (C=S) groups is 1. The van der Waals surface area contributed by atoms with Crippen molar-refractivity contribution >= 4 is 52.1 Å². The summed E-state index contributed by atoms with van der Waals surface area (Å²) in [6, 6.07) is 20.9. The minimum atomic E-state index is -0.362. The van der Waals surface area contributed by atoms with E-state index in [-0.39, 0.29) is 22.3 Å². The molecular formula is C25H24ClN3O2S. The molecule has 0 spiro atoms. The molecule has 2 amide bonds. The minimum Gasteiger partial charge on any atom is -0.376 e. The van der Waals surface area contributed by atoms with Crippen LogP contribution in [0.25, 0.3) is 0 Å². The zero-order valence-corrected chi connectivity index (χ0v) is 19.6. The van der Waals surface area contributed by atoms with E-state index in [0.717, 1.165) is 5.56 Å². The van der Waals surface area contributed by atoms with Crippen LogP contribution in [0.1, 0.15) is 47.1 Å². The predicted molar refractivity (Wildman–Crippen MR) is 135 cm³/mol. The fourth-order valence-corrected chi connectivity index (χ4v) is 3.56. The predicted octanol–water partition coefficient (Wildman–Crippen LogP) is 5.78. The molecule has 0 saturated heterocycles. The van der Waals surface area contributed by atoms with Crippen molar-refractivity contribution in [2.24, 2.45) is 5.73 Å². The Bertz CT molecular complexity index is 1170. The molecule has 32 heavy (non-hydrogen) atoms. The lowest BCUT2D eigenvalue weighted by Gasteiger charge is -2.23. The number of hydrogen-bond acceptors (Lipinski definition) is 3. The van der Waals surface area contributed by atoms with Gasteiger partial charge in [0.2, 0.25) is 0 Å². The molecule has 0 fully saturated rings. The molecule has 164 valence electrons. The van der Waals surface area contributed by atoms with Gasteiger partial charge >= 0.3 is 0 Å². The van der Waals surface area contributed by atoms with Crippen LogP contribution in [0.15, 0.2) is 72.8 Å². The van der Waals surface area contributed by atoms with Crippen molar-refractivity contribution in [1.29, 1.82) is 0 Å². The Morgan fingerprint density at radius 3 is 2.22 bits per heavy atom. The van der Waals surface area contributed by atoms with Gasteiger partial charge in [-0.1, -0.05) is 62.7 Å². The quantitative estimate of drug-likeness (QED) is 0.479. The molecule has 3 rings (SSSR count). The number of amides is 2. The van der Waals surface area contributed by atoms with Gasteiger partial charge in [-0.15, -0.1) is 0 Å². The molecule has 7 heteroatoms. The topological polar surface area (TPSA) is 75.4 Å². The highest BCUT2D eigenvalue weighted by atomic mass is 35.5. The summed E-state index contributed by atoms with van der Waals surface area (Å²) >= 11 is 11.3. The molecule has 0 saturated carbocycles. The van der Waals surface area contributed by atoms with Gasteiger partial charge in [-0.05, 0) is 65.7 Å². The van der Waals surface area contributed by atoms with Gasteiger partial charge in [0.1, 0.15) is 0 Å². The van der Waals surface area contributed by atoms with E-state index in [4.69, 9.17) is 29.6 Å². The van der Waals surface area contributed by atoms with Gasteiger partial charge in [0, 0.05) is 11.3 Å². The van der Waals surface area contributed by atoms with Crippen LogP contribution >= 0.6 is 23.8 Å². The third-order valence-electron chi connectivity index (χ3n) is 4.90. The van der Waals surface area contributed by atoms with Gasteiger partial charge in [-0.3, -0.25) is 14.5 Å². The molecule has 0 aliphatic heterocycles. The van der Waals surface area contributed by atoms with Crippen molar-refractivity contribution in [3.05, 3.63) is 94.5 Å². The van der Waals surface area contributed by atoms with Crippen LogP contribution in [0.4, 0.5) is 11.4 Å². The fourth-order valence-electron chi connectivity index (χ4n) is 3.15. The zero-order valence-electron chi connectivity index (χ0n) is 18.1. The Balaban J connectivity index is 1.87. The normalized spacial score (nSPS) is 11.0. The van der Waals surface area contributed by atoms with Gasteiger partial charge in [0.05, 0.1) is 16.3 Å². The van der Waals surface area contributed by atoms with Crippen LogP contribution in [0, 0.1) is 0 Å². The smallest absolute Gasteiger partial charge is 0.264 e. The molecule has 0 aliphatic carbocycles. The Morgan fingerprint density at radius 1 is 0.969 bits per heavy atom. The van der Waals surface area contributed by atoms with Crippen molar-refractivity contribution in [3.63, 3.8) is 0 Å². The molecule has 3 aromatic rings. The monoisotopic (exact) mass is 465 g/mol. The molecule has 0 bridgehead atoms. The summed E-state index contributed by atoms with van der Waals surface area (Å²) < 4.78 is 0. The Kier molecular flexibility index (Phi) is 6.96. The molecule has 3 aromatic carbocycles. The van der Waals surface area contributed by atoms with E-state index in [0.29, 0.717) is 27.5 Å². The summed E-state index contributed by atoms with van der Waals surface area (Å²) in [7, 11) is 0. The summed E-state index contributed by atoms with van der Waals surface area (Å²) in [5, 5.41) is 3.04. The van der Waals surface area contributed by atoms with Gasteiger partial charge in [-0.2, -0.15) is 0 Å². The van der Waals surface area contributed by atoms with Crippen molar-refractivity contribution in [3.8, 4) is 0 Å². The molecule has 0 aromatic heterocycles.